The molecule has 0 saturated carbocycles. The molecule has 0 unspecified atom stereocenters. The van der Waals surface area contributed by atoms with Gasteiger partial charge in [-0.25, -0.2) is 18.7 Å². The van der Waals surface area contributed by atoms with Crippen LogP contribution in [0.2, 0.25) is 0 Å². The van der Waals surface area contributed by atoms with E-state index in [4.69, 9.17) is 9.84 Å². The first kappa shape index (κ1) is 20.5. The zero-order valence-corrected chi connectivity index (χ0v) is 15.2. The van der Waals surface area contributed by atoms with E-state index in [-0.39, 0.29) is 23.5 Å². The summed E-state index contributed by atoms with van der Waals surface area (Å²) < 4.78 is 8.92. The van der Waals surface area contributed by atoms with E-state index in [1.54, 1.807) is 12.1 Å². The van der Waals surface area contributed by atoms with Gasteiger partial charge in [-0.3, -0.25) is 0 Å². The molecule has 0 amide bonds. The highest BCUT2D eigenvalue weighted by molar-refractivity contribution is 5.92. The highest BCUT2D eigenvalue weighted by Gasteiger charge is 2.12. The smallest absolute Gasteiger partial charge is 0.342 e. The quantitative estimate of drug-likeness (QED) is 0.507. The highest BCUT2D eigenvalue weighted by atomic mass is 16.5. The molecule has 0 spiro atoms. The molecule has 28 heavy (non-hydrogen) atoms. The normalized spacial score (nSPS) is 9.89. The van der Waals surface area contributed by atoms with Crippen molar-refractivity contribution in [1.29, 1.82) is 0 Å². The molecule has 0 aliphatic heterocycles. The second kappa shape index (κ2) is 9.77. The largest absolute Gasteiger partial charge is 0.872 e. The number of aromatic hydroxyl groups is 1. The van der Waals surface area contributed by atoms with Gasteiger partial charge in [0, 0.05) is 0 Å². The molecule has 1 heterocycles. The van der Waals surface area contributed by atoms with Gasteiger partial charge in [0.15, 0.2) is 0 Å². The maximum Gasteiger partial charge on any atom is 0.342 e. The van der Waals surface area contributed by atoms with Crippen LogP contribution in [0.15, 0.2) is 67.3 Å². The molecule has 0 fully saturated rings. The second-order valence-electron chi connectivity index (χ2n) is 5.77. The van der Waals surface area contributed by atoms with Gasteiger partial charge in [0.2, 0.25) is 6.33 Å². The molecular weight excluding hydrogens is 364 g/mol. The summed E-state index contributed by atoms with van der Waals surface area (Å²) in [5.74, 6) is -2.19. The van der Waals surface area contributed by atoms with Crippen LogP contribution in [-0.4, -0.2) is 33.3 Å². The van der Waals surface area contributed by atoms with Gasteiger partial charge in [-0.05, 0) is 18.2 Å². The number of rotatable bonds is 5. The predicted molar refractivity (Wildman–Crippen MR) is 96.8 cm³/mol. The van der Waals surface area contributed by atoms with Crippen LogP contribution in [0.25, 0.3) is 0 Å². The summed E-state index contributed by atoms with van der Waals surface area (Å²) in [4.78, 5) is 21.9. The van der Waals surface area contributed by atoms with E-state index in [1.807, 2.05) is 34.9 Å². The molecule has 8 heteroatoms. The predicted octanol–water partition coefficient (Wildman–Crippen LogP) is 1.33. The van der Waals surface area contributed by atoms with Gasteiger partial charge in [0.25, 0.3) is 0 Å². The van der Waals surface area contributed by atoms with E-state index in [0.717, 1.165) is 0 Å². The maximum absolute atomic E-state index is 11.7. The lowest BCUT2D eigenvalue weighted by Gasteiger charge is -2.07. The Hall–Kier alpha value is -3.81. The van der Waals surface area contributed by atoms with Crippen molar-refractivity contribution in [2.24, 2.45) is 7.05 Å². The zero-order chi connectivity index (χ0) is 20.5. The number of hydrogen-bond donors (Lipinski definition) is 2. The fraction of sp³-hybridized carbons (Fsp3) is 0.150. The first-order valence-corrected chi connectivity index (χ1v) is 8.34. The van der Waals surface area contributed by atoms with Crippen LogP contribution in [0.1, 0.15) is 20.7 Å². The number of carboxylic acid groups (broad SMARTS) is 1. The average molecular weight is 384 g/mol. The number of aryl methyl sites for hydroxylation is 1. The van der Waals surface area contributed by atoms with Crippen LogP contribution >= 0.6 is 0 Å². The first-order valence-electron chi connectivity index (χ1n) is 8.34. The molecule has 2 N–H and O–H groups in total. The SMILES string of the molecule is C[n+]1ccn(CCOC(=O)c2ccccc2O)c1.O=C(O)c1ccccc1[O-]. The number of carbonyl (C=O) groups is 2. The van der Waals surface area contributed by atoms with Crippen LogP contribution in [0.3, 0.4) is 0 Å². The minimum absolute atomic E-state index is 0.0603. The Bertz CT molecular complexity index is 951. The number of para-hydroxylation sites is 2. The number of nitrogens with zero attached hydrogens (tertiary/aromatic N) is 2. The third kappa shape index (κ3) is 5.87. The number of benzene rings is 2. The fourth-order valence-electron chi connectivity index (χ4n) is 2.25. The van der Waals surface area contributed by atoms with Crippen LogP contribution < -0.4 is 9.67 Å². The summed E-state index contributed by atoms with van der Waals surface area (Å²) >= 11 is 0. The van der Waals surface area contributed by atoms with Crippen LogP contribution in [0.4, 0.5) is 0 Å². The van der Waals surface area contributed by atoms with Crippen molar-refractivity contribution in [3.63, 3.8) is 0 Å². The number of phenols is 1. The van der Waals surface area contributed by atoms with Gasteiger partial charge in [0.05, 0.1) is 12.6 Å². The number of aromatic nitrogens is 2. The molecule has 0 aliphatic rings. The van der Waals surface area contributed by atoms with Gasteiger partial charge < -0.3 is 20.1 Å². The van der Waals surface area contributed by atoms with Gasteiger partial charge in [-0.15, -0.1) is 0 Å². The van der Waals surface area contributed by atoms with E-state index in [9.17, 15) is 19.8 Å². The highest BCUT2D eigenvalue weighted by Crippen LogP contribution is 2.16. The topological polar surface area (TPSA) is 116 Å². The number of esters is 1. The zero-order valence-electron chi connectivity index (χ0n) is 15.2. The fourth-order valence-corrected chi connectivity index (χ4v) is 2.25. The minimum atomic E-state index is -1.18. The molecule has 3 rings (SSSR count). The van der Waals surface area contributed by atoms with Crippen LogP contribution in [0, 0.1) is 0 Å². The lowest BCUT2D eigenvalue weighted by atomic mass is 10.2. The number of carbonyl (C=O) groups excluding carboxylic acids is 1. The maximum atomic E-state index is 11.7. The second-order valence-corrected chi connectivity index (χ2v) is 5.77. The van der Waals surface area contributed by atoms with Gasteiger partial charge in [0.1, 0.15) is 36.9 Å². The third-order valence-electron chi connectivity index (χ3n) is 3.65. The number of phenolic OH excluding ortho intramolecular Hbond substituents is 1. The molecule has 8 nitrogen and oxygen atoms in total. The number of imidazole rings is 1. The summed E-state index contributed by atoms with van der Waals surface area (Å²) in [6.07, 6.45) is 5.70. The van der Waals surface area contributed by atoms with Crippen LogP contribution in [0.5, 0.6) is 11.5 Å². The number of ether oxygens (including phenoxy) is 1. The monoisotopic (exact) mass is 384 g/mol. The number of aromatic carboxylic acids is 1. The summed E-state index contributed by atoms with van der Waals surface area (Å²) in [5, 5.41) is 28.5. The molecule has 0 atom stereocenters. The van der Waals surface area contributed by atoms with Crippen molar-refractivity contribution < 1.29 is 34.2 Å². The lowest BCUT2D eigenvalue weighted by molar-refractivity contribution is -0.671. The molecule has 0 aliphatic carbocycles. The molecule has 146 valence electrons. The first-order chi connectivity index (χ1) is 13.4. The lowest BCUT2D eigenvalue weighted by Crippen LogP contribution is -2.24. The van der Waals surface area contributed by atoms with Crippen molar-refractivity contribution in [3.8, 4) is 11.5 Å². The van der Waals surface area contributed by atoms with Gasteiger partial charge in [-0.1, -0.05) is 36.1 Å². The molecule has 0 radical (unpaired) electrons. The van der Waals surface area contributed by atoms with Gasteiger partial charge in [-0.2, -0.15) is 0 Å². The third-order valence-corrected chi connectivity index (χ3v) is 3.65. The minimum Gasteiger partial charge on any atom is -0.872 e. The number of hydrogen-bond acceptors (Lipinski definition) is 5. The van der Waals surface area contributed by atoms with Crippen molar-refractivity contribution in [1.82, 2.24) is 4.57 Å². The van der Waals surface area contributed by atoms with E-state index >= 15 is 0 Å². The molecule has 0 bridgehead atoms. The molecule has 1 aromatic heterocycles. The summed E-state index contributed by atoms with van der Waals surface area (Å²) in [5.41, 5.74) is 0.0121. The van der Waals surface area contributed by atoms with Crippen molar-refractivity contribution in [2.75, 3.05) is 6.61 Å². The Morgan fingerprint density at radius 2 is 1.75 bits per heavy atom. The standard InChI is InChI=1S/C13H14N2O3.C7H6O3/c1-14-6-7-15(10-14)8-9-18-13(17)11-4-2-3-5-12(11)16;8-6-4-2-1-3-5(6)7(9)10/h2-7,10H,8-9H2,1H3;1-4,8H,(H,9,10). The Morgan fingerprint density at radius 1 is 1.11 bits per heavy atom. The molecule has 3 aromatic rings. The van der Waals surface area contributed by atoms with E-state index in [1.165, 1.54) is 36.4 Å². The summed E-state index contributed by atoms with van der Waals surface area (Å²) in [6, 6.07) is 11.9. The Morgan fingerprint density at radius 3 is 2.29 bits per heavy atom. The summed E-state index contributed by atoms with van der Waals surface area (Å²) in [7, 11) is 1.92. The van der Waals surface area contributed by atoms with Crippen molar-refractivity contribution in [2.45, 2.75) is 6.54 Å². The average Bonchev–Trinajstić information content (AvgIpc) is 3.08. The van der Waals surface area contributed by atoms with Crippen molar-refractivity contribution >= 4 is 11.9 Å². The molecule has 2 aromatic carbocycles. The van der Waals surface area contributed by atoms with Crippen LogP contribution in [-0.2, 0) is 18.3 Å². The Kier molecular flexibility index (Phi) is 7.15. The van der Waals surface area contributed by atoms with E-state index < -0.39 is 17.7 Å². The van der Waals surface area contributed by atoms with E-state index in [0.29, 0.717) is 6.54 Å². The summed E-state index contributed by atoms with van der Waals surface area (Å²) in [6.45, 7) is 0.849. The van der Waals surface area contributed by atoms with Gasteiger partial charge >= 0.3 is 11.9 Å². The molecule has 0 saturated heterocycles. The van der Waals surface area contributed by atoms with E-state index in [2.05, 4.69) is 0 Å². The van der Waals surface area contributed by atoms with Crippen molar-refractivity contribution in [3.05, 3.63) is 78.4 Å². The Labute approximate surface area is 161 Å². The Balaban J connectivity index is 0.000000237. The molecular formula is C20H20N2O6. The number of carboxylic acids is 1.